The highest BCUT2D eigenvalue weighted by molar-refractivity contribution is 4.77. The molecule has 0 heterocycles. The molecule has 0 bridgehead atoms. The van der Waals surface area contributed by atoms with Crippen molar-refractivity contribution < 1.29 is 5.11 Å². The zero-order valence-corrected chi connectivity index (χ0v) is 11.1. The molecule has 2 N–H and O–H groups in total. The van der Waals surface area contributed by atoms with E-state index in [0.717, 1.165) is 12.5 Å². The van der Waals surface area contributed by atoms with Crippen LogP contribution in [0.4, 0.5) is 0 Å². The Kier molecular flexibility index (Phi) is 7.20. The molecule has 92 valence electrons. The molecule has 0 aromatic heterocycles. The van der Waals surface area contributed by atoms with Crippen molar-refractivity contribution in [1.82, 2.24) is 5.32 Å². The van der Waals surface area contributed by atoms with Crippen molar-refractivity contribution in [3.05, 3.63) is 0 Å². The molecule has 2 unspecified atom stereocenters. The molecule has 0 radical (unpaired) electrons. The Balaban J connectivity index is 3.99. The van der Waals surface area contributed by atoms with Crippen molar-refractivity contribution >= 4 is 0 Å². The summed E-state index contributed by atoms with van der Waals surface area (Å²) >= 11 is 0. The first-order valence-corrected chi connectivity index (χ1v) is 6.31. The molecule has 0 aliphatic rings. The highest BCUT2D eigenvalue weighted by Crippen LogP contribution is 2.16. The summed E-state index contributed by atoms with van der Waals surface area (Å²) in [6.45, 7) is 12.1. The lowest BCUT2D eigenvalue weighted by molar-refractivity contribution is 0.148. The van der Waals surface area contributed by atoms with E-state index in [2.05, 4.69) is 39.9 Å². The molecule has 2 nitrogen and oxygen atoms in total. The van der Waals surface area contributed by atoms with Crippen LogP contribution in [0, 0.1) is 11.3 Å². The molecular weight excluding hydrogens is 186 g/mol. The van der Waals surface area contributed by atoms with E-state index in [1.54, 1.807) is 0 Å². The summed E-state index contributed by atoms with van der Waals surface area (Å²) in [5.41, 5.74) is -0.000640. The van der Waals surface area contributed by atoms with Crippen molar-refractivity contribution in [3.8, 4) is 0 Å². The Morgan fingerprint density at radius 1 is 1.27 bits per heavy atom. The second kappa shape index (κ2) is 7.24. The zero-order chi connectivity index (χ0) is 11.9. The molecule has 0 aliphatic carbocycles. The van der Waals surface area contributed by atoms with Gasteiger partial charge in [0.15, 0.2) is 0 Å². The van der Waals surface area contributed by atoms with E-state index < -0.39 is 0 Å². The minimum atomic E-state index is -0.000640. The maximum absolute atomic E-state index is 9.18. The predicted octanol–water partition coefficient (Wildman–Crippen LogP) is 2.81. The van der Waals surface area contributed by atoms with Gasteiger partial charge in [0, 0.05) is 24.6 Å². The molecule has 0 saturated heterocycles. The highest BCUT2D eigenvalue weighted by atomic mass is 16.3. The van der Waals surface area contributed by atoms with Crippen molar-refractivity contribution in [2.75, 3.05) is 13.2 Å². The van der Waals surface area contributed by atoms with Crippen LogP contribution in [-0.2, 0) is 0 Å². The van der Waals surface area contributed by atoms with Gasteiger partial charge in [-0.15, -0.1) is 0 Å². The Morgan fingerprint density at radius 3 is 2.27 bits per heavy atom. The first kappa shape index (κ1) is 14.9. The number of nitrogens with one attached hydrogen (secondary N) is 1. The summed E-state index contributed by atoms with van der Waals surface area (Å²) in [6, 6.07) is 0.593. The Bertz CT molecular complexity index is 157. The van der Waals surface area contributed by atoms with Crippen LogP contribution in [-0.4, -0.2) is 24.3 Å². The molecule has 2 atom stereocenters. The topological polar surface area (TPSA) is 32.3 Å². The molecule has 15 heavy (non-hydrogen) atoms. The average molecular weight is 215 g/mol. The number of hydrogen-bond acceptors (Lipinski definition) is 2. The number of rotatable bonds is 8. The third-order valence-electron chi connectivity index (χ3n) is 3.14. The molecule has 0 aliphatic heterocycles. The molecule has 0 fully saturated rings. The van der Waals surface area contributed by atoms with Gasteiger partial charge < -0.3 is 10.4 Å². The summed E-state index contributed by atoms with van der Waals surface area (Å²) in [5, 5.41) is 12.8. The summed E-state index contributed by atoms with van der Waals surface area (Å²) < 4.78 is 0. The summed E-state index contributed by atoms with van der Waals surface area (Å²) in [5.74, 6) is 0.731. The summed E-state index contributed by atoms with van der Waals surface area (Å²) in [4.78, 5) is 0. The van der Waals surface area contributed by atoms with Gasteiger partial charge >= 0.3 is 0 Å². The second-order valence-electron chi connectivity index (χ2n) is 5.48. The SMILES string of the molecule is CCCC(C)C(CC)NCC(C)(C)CO. The number of aliphatic hydroxyl groups is 1. The predicted molar refractivity (Wildman–Crippen MR) is 67.0 cm³/mol. The van der Waals surface area contributed by atoms with Crippen LogP contribution >= 0.6 is 0 Å². The van der Waals surface area contributed by atoms with Crippen LogP contribution in [0.25, 0.3) is 0 Å². The number of hydrogen-bond donors (Lipinski definition) is 2. The third kappa shape index (κ3) is 6.16. The average Bonchev–Trinajstić information content (AvgIpc) is 2.19. The van der Waals surface area contributed by atoms with E-state index in [9.17, 15) is 5.11 Å². The monoisotopic (exact) mass is 215 g/mol. The van der Waals surface area contributed by atoms with Gasteiger partial charge in [-0.2, -0.15) is 0 Å². The van der Waals surface area contributed by atoms with Crippen LogP contribution in [0.1, 0.15) is 53.9 Å². The number of aliphatic hydroxyl groups excluding tert-OH is 1. The molecule has 0 amide bonds. The fourth-order valence-corrected chi connectivity index (χ4v) is 1.87. The quantitative estimate of drug-likeness (QED) is 0.652. The molecule has 0 spiro atoms. The van der Waals surface area contributed by atoms with E-state index in [1.807, 2.05) is 0 Å². The third-order valence-corrected chi connectivity index (χ3v) is 3.14. The lowest BCUT2D eigenvalue weighted by Crippen LogP contribution is -2.41. The van der Waals surface area contributed by atoms with Crippen LogP contribution in [0.2, 0.25) is 0 Å². The summed E-state index contributed by atoms with van der Waals surface area (Å²) in [6.07, 6.45) is 3.70. The minimum absolute atomic E-state index is 0.000640. The van der Waals surface area contributed by atoms with Crippen LogP contribution in [0.5, 0.6) is 0 Å². The maximum Gasteiger partial charge on any atom is 0.0494 e. The fourth-order valence-electron chi connectivity index (χ4n) is 1.87. The minimum Gasteiger partial charge on any atom is -0.396 e. The largest absolute Gasteiger partial charge is 0.396 e. The molecular formula is C13H29NO. The van der Waals surface area contributed by atoms with Crippen LogP contribution in [0.3, 0.4) is 0 Å². The van der Waals surface area contributed by atoms with Gasteiger partial charge in [-0.05, 0) is 18.8 Å². The van der Waals surface area contributed by atoms with Gasteiger partial charge in [0.1, 0.15) is 0 Å². The van der Waals surface area contributed by atoms with E-state index >= 15 is 0 Å². The first-order chi connectivity index (χ1) is 6.96. The molecule has 0 saturated carbocycles. The molecule has 0 aromatic rings. The summed E-state index contributed by atoms with van der Waals surface area (Å²) in [7, 11) is 0. The second-order valence-corrected chi connectivity index (χ2v) is 5.48. The molecule has 0 aromatic carbocycles. The molecule has 2 heteroatoms. The first-order valence-electron chi connectivity index (χ1n) is 6.31. The van der Waals surface area contributed by atoms with Gasteiger partial charge in [0.2, 0.25) is 0 Å². The fraction of sp³-hybridized carbons (Fsp3) is 1.00. The van der Waals surface area contributed by atoms with Gasteiger partial charge in [-0.3, -0.25) is 0 Å². The van der Waals surface area contributed by atoms with E-state index in [-0.39, 0.29) is 12.0 Å². The lowest BCUT2D eigenvalue weighted by atomic mass is 9.91. The van der Waals surface area contributed by atoms with E-state index in [0.29, 0.717) is 6.04 Å². The van der Waals surface area contributed by atoms with Gasteiger partial charge in [0.25, 0.3) is 0 Å². The smallest absolute Gasteiger partial charge is 0.0494 e. The zero-order valence-electron chi connectivity index (χ0n) is 11.1. The van der Waals surface area contributed by atoms with Crippen molar-refractivity contribution in [3.63, 3.8) is 0 Å². The lowest BCUT2D eigenvalue weighted by Gasteiger charge is -2.29. The van der Waals surface area contributed by atoms with Gasteiger partial charge in [0.05, 0.1) is 0 Å². The molecule has 0 rings (SSSR count). The maximum atomic E-state index is 9.18. The normalized spacial score (nSPS) is 16.4. The van der Waals surface area contributed by atoms with Crippen LogP contribution < -0.4 is 5.32 Å². The van der Waals surface area contributed by atoms with Gasteiger partial charge in [-0.1, -0.05) is 41.0 Å². The van der Waals surface area contributed by atoms with E-state index in [1.165, 1.54) is 19.3 Å². The van der Waals surface area contributed by atoms with Crippen molar-refractivity contribution in [2.45, 2.75) is 59.9 Å². The highest BCUT2D eigenvalue weighted by Gasteiger charge is 2.20. The Labute approximate surface area is 95.5 Å². The standard InChI is InChI=1S/C13H29NO/c1-6-8-11(3)12(7-2)14-9-13(4,5)10-15/h11-12,14-15H,6-10H2,1-5H3. The van der Waals surface area contributed by atoms with E-state index in [4.69, 9.17) is 0 Å². The van der Waals surface area contributed by atoms with Crippen molar-refractivity contribution in [1.29, 1.82) is 0 Å². The van der Waals surface area contributed by atoms with Crippen LogP contribution in [0.15, 0.2) is 0 Å². The van der Waals surface area contributed by atoms with Gasteiger partial charge in [-0.25, -0.2) is 0 Å². The van der Waals surface area contributed by atoms with Crippen molar-refractivity contribution in [2.24, 2.45) is 11.3 Å². The Morgan fingerprint density at radius 2 is 1.87 bits per heavy atom. The Hall–Kier alpha value is -0.0800.